The van der Waals surface area contributed by atoms with E-state index in [1.807, 2.05) is 18.3 Å². The molecule has 1 aromatic heterocycles. The van der Waals surface area contributed by atoms with Gasteiger partial charge in [0, 0.05) is 17.2 Å². The van der Waals surface area contributed by atoms with E-state index in [0.717, 1.165) is 11.3 Å². The highest BCUT2D eigenvalue weighted by Crippen LogP contribution is 2.49. The normalized spacial score (nSPS) is 13.1. The van der Waals surface area contributed by atoms with Gasteiger partial charge < -0.3 is 0 Å². The maximum atomic E-state index is 4.51. The maximum Gasteiger partial charge on any atom is 0.0702 e. The highest BCUT2D eigenvalue weighted by molar-refractivity contribution is 5.85. The van der Waals surface area contributed by atoms with Gasteiger partial charge in [-0.05, 0) is 86.0 Å². The Morgan fingerprint density at radius 3 is 1.64 bits per heavy atom. The summed E-state index contributed by atoms with van der Waals surface area (Å²) < 4.78 is 0. The lowest BCUT2D eigenvalue weighted by Crippen LogP contribution is -2.14. The van der Waals surface area contributed by atoms with Gasteiger partial charge in [-0.2, -0.15) is 0 Å². The number of hydrogen-bond acceptors (Lipinski definition) is 1. The minimum atomic E-state index is 0.0329. The Hall–Kier alpha value is -4.75. The van der Waals surface area contributed by atoms with Gasteiger partial charge in [-0.1, -0.05) is 117 Å². The van der Waals surface area contributed by atoms with E-state index < -0.39 is 0 Å². The second kappa shape index (κ2) is 9.22. The Labute approximate surface area is 230 Å². The quantitative estimate of drug-likeness (QED) is 0.235. The fourth-order valence-electron chi connectivity index (χ4n) is 6.02. The molecule has 1 aliphatic carbocycles. The highest BCUT2D eigenvalue weighted by atomic mass is 14.7. The van der Waals surface area contributed by atoms with Gasteiger partial charge in [0.1, 0.15) is 0 Å². The van der Waals surface area contributed by atoms with E-state index in [1.54, 1.807) is 0 Å². The second-order valence-corrected chi connectivity index (χ2v) is 10.9. The molecule has 1 aliphatic rings. The topological polar surface area (TPSA) is 12.9 Å². The van der Waals surface area contributed by atoms with Crippen LogP contribution >= 0.6 is 0 Å². The summed E-state index contributed by atoms with van der Waals surface area (Å²) >= 11 is 0. The molecule has 0 saturated heterocycles. The van der Waals surface area contributed by atoms with Gasteiger partial charge in [0.2, 0.25) is 0 Å². The molecule has 1 heteroatoms. The zero-order valence-corrected chi connectivity index (χ0v) is 22.2. The fraction of sp³-hybridized carbons (Fsp3) is 0.0789. The van der Waals surface area contributed by atoms with Gasteiger partial charge in [-0.25, -0.2) is 0 Å². The van der Waals surface area contributed by atoms with E-state index >= 15 is 0 Å². The van der Waals surface area contributed by atoms with Crippen molar-refractivity contribution in [1.82, 2.24) is 4.98 Å². The van der Waals surface area contributed by atoms with Crippen molar-refractivity contribution in [2.75, 3.05) is 0 Å². The molecule has 5 aromatic carbocycles. The third-order valence-electron chi connectivity index (χ3n) is 8.15. The van der Waals surface area contributed by atoms with E-state index in [2.05, 4.69) is 140 Å². The lowest BCUT2D eigenvalue weighted by molar-refractivity contribution is 0.660. The standard InChI is InChI=1S/C38H29N/c1-38(2)35-14-4-3-13-33(35)34-25-31(20-21-36(34)38)30-11-7-9-28(23-30)26-16-18-27(19-17-26)29-10-8-12-32(24-29)37-15-5-6-22-39-37/h3-25H,1-2H3. The number of fused-ring (bicyclic) bond motifs is 3. The first kappa shape index (κ1) is 23.4. The molecule has 0 amide bonds. The van der Waals surface area contributed by atoms with E-state index in [1.165, 1.54) is 55.6 Å². The molecule has 0 radical (unpaired) electrons. The Kier molecular flexibility index (Phi) is 5.52. The SMILES string of the molecule is CC1(C)c2ccccc2-c2cc(-c3cccc(-c4ccc(-c5cccc(-c6ccccn6)c5)cc4)c3)ccc21. The molecule has 1 heterocycles. The van der Waals surface area contributed by atoms with Gasteiger partial charge in [0.15, 0.2) is 0 Å². The highest BCUT2D eigenvalue weighted by Gasteiger charge is 2.35. The lowest BCUT2D eigenvalue weighted by Gasteiger charge is -2.21. The van der Waals surface area contributed by atoms with E-state index in [4.69, 9.17) is 0 Å². The molecule has 6 aromatic rings. The Morgan fingerprint density at radius 1 is 0.410 bits per heavy atom. The first-order valence-corrected chi connectivity index (χ1v) is 13.5. The van der Waals surface area contributed by atoms with Crippen molar-refractivity contribution in [3.8, 4) is 55.8 Å². The summed E-state index contributed by atoms with van der Waals surface area (Å²) in [6, 6.07) is 48.2. The fourth-order valence-corrected chi connectivity index (χ4v) is 6.02. The molecule has 0 atom stereocenters. The van der Waals surface area contributed by atoms with Crippen molar-refractivity contribution in [3.63, 3.8) is 0 Å². The van der Waals surface area contributed by atoms with Crippen LogP contribution in [0.3, 0.4) is 0 Å². The maximum absolute atomic E-state index is 4.51. The monoisotopic (exact) mass is 499 g/mol. The van der Waals surface area contributed by atoms with Crippen molar-refractivity contribution in [1.29, 1.82) is 0 Å². The molecule has 1 nitrogen and oxygen atoms in total. The number of nitrogens with zero attached hydrogens (tertiary/aromatic N) is 1. The summed E-state index contributed by atoms with van der Waals surface area (Å²) in [5, 5.41) is 0. The van der Waals surface area contributed by atoms with Crippen LogP contribution in [0.15, 0.2) is 140 Å². The van der Waals surface area contributed by atoms with Crippen LogP contribution in [0.25, 0.3) is 55.8 Å². The zero-order chi connectivity index (χ0) is 26.4. The van der Waals surface area contributed by atoms with Crippen LogP contribution < -0.4 is 0 Å². The molecular weight excluding hydrogens is 470 g/mol. The van der Waals surface area contributed by atoms with Crippen LogP contribution in [-0.2, 0) is 5.41 Å². The largest absolute Gasteiger partial charge is 0.256 e. The molecule has 0 bridgehead atoms. The van der Waals surface area contributed by atoms with Crippen LogP contribution in [0.2, 0.25) is 0 Å². The summed E-state index contributed by atoms with van der Waals surface area (Å²) in [6.07, 6.45) is 1.84. The van der Waals surface area contributed by atoms with Gasteiger partial charge in [0.05, 0.1) is 5.69 Å². The predicted octanol–water partition coefficient (Wildman–Crippen LogP) is 10.1. The van der Waals surface area contributed by atoms with Crippen LogP contribution in [0, 0.1) is 0 Å². The predicted molar refractivity (Wildman–Crippen MR) is 164 cm³/mol. The minimum Gasteiger partial charge on any atom is -0.256 e. The van der Waals surface area contributed by atoms with Crippen LogP contribution in [0.5, 0.6) is 0 Å². The first-order chi connectivity index (χ1) is 19.1. The van der Waals surface area contributed by atoms with Crippen molar-refractivity contribution in [2.45, 2.75) is 19.3 Å². The second-order valence-electron chi connectivity index (χ2n) is 10.9. The summed E-state index contributed by atoms with van der Waals surface area (Å²) in [7, 11) is 0. The molecule has 7 rings (SSSR count). The molecule has 0 aliphatic heterocycles. The van der Waals surface area contributed by atoms with Gasteiger partial charge in [0.25, 0.3) is 0 Å². The number of rotatable bonds is 4. The van der Waals surface area contributed by atoms with Crippen molar-refractivity contribution in [3.05, 3.63) is 151 Å². The first-order valence-electron chi connectivity index (χ1n) is 13.5. The third kappa shape index (κ3) is 4.08. The van der Waals surface area contributed by atoms with Crippen LogP contribution in [0.1, 0.15) is 25.0 Å². The third-order valence-corrected chi connectivity index (χ3v) is 8.15. The molecule has 0 spiro atoms. The van der Waals surface area contributed by atoms with Gasteiger partial charge in [-0.15, -0.1) is 0 Å². The van der Waals surface area contributed by atoms with Crippen molar-refractivity contribution < 1.29 is 0 Å². The number of hydrogen-bond donors (Lipinski definition) is 0. The average Bonchev–Trinajstić information content (AvgIpc) is 3.24. The smallest absolute Gasteiger partial charge is 0.0702 e. The molecule has 186 valence electrons. The molecule has 0 fully saturated rings. The van der Waals surface area contributed by atoms with Crippen LogP contribution in [0.4, 0.5) is 0 Å². The Morgan fingerprint density at radius 2 is 0.949 bits per heavy atom. The molecule has 0 unspecified atom stereocenters. The molecule has 0 saturated carbocycles. The average molecular weight is 500 g/mol. The zero-order valence-electron chi connectivity index (χ0n) is 22.2. The molecular formula is C38H29N. The van der Waals surface area contributed by atoms with Crippen LogP contribution in [-0.4, -0.2) is 4.98 Å². The number of aromatic nitrogens is 1. The van der Waals surface area contributed by atoms with Crippen molar-refractivity contribution >= 4 is 0 Å². The summed E-state index contributed by atoms with van der Waals surface area (Å²) in [6.45, 7) is 4.66. The van der Waals surface area contributed by atoms with Crippen molar-refractivity contribution in [2.24, 2.45) is 0 Å². The summed E-state index contributed by atoms with van der Waals surface area (Å²) in [5.41, 5.74) is 15.0. The Balaban J connectivity index is 1.20. The summed E-state index contributed by atoms with van der Waals surface area (Å²) in [5.74, 6) is 0. The Bertz CT molecular complexity index is 1810. The minimum absolute atomic E-state index is 0.0329. The van der Waals surface area contributed by atoms with Gasteiger partial charge >= 0.3 is 0 Å². The van der Waals surface area contributed by atoms with E-state index in [9.17, 15) is 0 Å². The molecule has 0 N–H and O–H groups in total. The van der Waals surface area contributed by atoms with Gasteiger partial charge in [-0.3, -0.25) is 4.98 Å². The molecule has 39 heavy (non-hydrogen) atoms. The number of pyridine rings is 1. The number of benzene rings is 5. The van der Waals surface area contributed by atoms with E-state index in [-0.39, 0.29) is 5.41 Å². The van der Waals surface area contributed by atoms with E-state index in [0.29, 0.717) is 0 Å². The summed E-state index contributed by atoms with van der Waals surface area (Å²) in [4.78, 5) is 4.51. The lowest BCUT2D eigenvalue weighted by atomic mass is 9.82.